The molecule has 2 rings (SSSR count). The van der Waals surface area contributed by atoms with Crippen LogP contribution < -0.4 is 5.32 Å². The van der Waals surface area contributed by atoms with Crippen molar-refractivity contribution >= 4 is 5.91 Å². The quantitative estimate of drug-likeness (QED) is 0.913. The maximum Gasteiger partial charge on any atom is 0.223 e. The Labute approximate surface area is 121 Å². The van der Waals surface area contributed by atoms with Gasteiger partial charge in [-0.05, 0) is 30.5 Å². The Morgan fingerprint density at radius 2 is 1.70 bits per heavy atom. The Morgan fingerprint density at radius 3 is 2.30 bits per heavy atom. The molecule has 0 radical (unpaired) electrons. The zero-order chi connectivity index (χ0) is 14.2. The highest BCUT2D eigenvalue weighted by atomic mass is 16.1. The van der Waals surface area contributed by atoms with Gasteiger partial charge in [-0.2, -0.15) is 5.26 Å². The van der Waals surface area contributed by atoms with Crippen molar-refractivity contribution in [3.8, 4) is 6.07 Å². The number of benzene rings is 1. The fourth-order valence-electron chi connectivity index (χ4n) is 2.75. The van der Waals surface area contributed by atoms with Crippen molar-refractivity contribution in [3.05, 3.63) is 35.4 Å². The van der Waals surface area contributed by atoms with E-state index in [0.29, 0.717) is 12.1 Å². The molecule has 1 aliphatic rings. The molecule has 1 aromatic rings. The van der Waals surface area contributed by atoms with Crippen LogP contribution in [0.3, 0.4) is 0 Å². The highest BCUT2D eigenvalue weighted by Crippen LogP contribution is 2.22. The lowest BCUT2D eigenvalue weighted by molar-refractivity contribution is -0.125. The van der Waals surface area contributed by atoms with Crippen LogP contribution in [0.2, 0.25) is 0 Å². The number of hydrogen-bond acceptors (Lipinski definition) is 2. The molecule has 0 atom stereocenters. The molecule has 1 aromatic carbocycles. The van der Waals surface area contributed by atoms with Crippen LogP contribution in [0, 0.1) is 17.2 Å². The van der Waals surface area contributed by atoms with E-state index < -0.39 is 0 Å². The lowest BCUT2D eigenvalue weighted by Crippen LogP contribution is -2.30. The van der Waals surface area contributed by atoms with E-state index in [4.69, 9.17) is 5.26 Å². The Balaban J connectivity index is 1.82. The minimum atomic E-state index is 0.189. The molecule has 3 nitrogen and oxygen atoms in total. The van der Waals surface area contributed by atoms with E-state index >= 15 is 0 Å². The molecule has 20 heavy (non-hydrogen) atoms. The molecule has 0 aromatic heterocycles. The van der Waals surface area contributed by atoms with Crippen LogP contribution in [-0.4, -0.2) is 5.91 Å². The van der Waals surface area contributed by atoms with Crippen LogP contribution in [-0.2, 0) is 11.3 Å². The average molecular weight is 270 g/mol. The summed E-state index contributed by atoms with van der Waals surface area (Å²) in [4.78, 5) is 12.2. The van der Waals surface area contributed by atoms with Crippen molar-refractivity contribution in [2.24, 2.45) is 5.92 Å². The number of amides is 1. The highest BCUT2D eigenvalue weighted by molar-refractivity contribution is 5.78. The summed E-state index contributed by atoms with van der Waals surface area (Å²) in [5.41, 5.74) is 1.70. The van der Waals surface area contributed by atoms with Crippen molar-refractivity contribution in [2.75, 3.05) is 0 Å². The van der Waals surface area contributed by atoms with Crippen molar-refractivity contribution in [1.29, 1.82) is 5.26 Å². The van der Waals surface area contributed by atoms with Crippen LogP contribution >= 0.6 is 0 Å². The first-order valence-electron chi connectivity index (χ1n) is 7.56. The summed E-state index contributed by atoms with van der Waals surface area (Å²) in [5.74, 6) is 0.380. The first-order valence-corrected chi connectivity index (χ1v) is 7.56. The number of hydrogen-bond donors (Lipinski definition) is 1. The number of nitrogens with one attached hydrogen (secondary N) is 1. The Bertz CT molecular complexity index is 465. The van der Waals surface area contributed by atoms with Crippen molar-refractivity contribution in [3.63, 3.8) is 0 Å². The topological polar surface area (TPSA) is 52.9 Å². The maximum absolute atomic E-state index is 12.2. The van der Waals surface area contributed by atoms with Gasteiger partial charge < -0.3 is 5.32 Å². The second-order valence-corrected chi connectivity index (χ2v) is 5.57. The second-order valence-electron chi connectivity index (χ2n) is 5.57. The maximum atomic E-state index is 12.2. The third-order valence-corrected chi connectivity index (χ3v) is 4.03. The molecular weight excluding hydrogens is 248 g/mol. The number of nitrogens with zero attached hydrogens (tertiary/aromatic N) is 1. The molecule has 0 bridgehead atoms. The fourth-order valence-corrected chi connectivity index (χ4v) is 2.75. The summed E-state index contributed by atoms with van der Waals surface area (Å²) in [6, 6.07) is 9.47. The van der Waals surface area contributed by atoms with Gasteiger partial charge in [0.05, 0.1) is 11.6 Å². The SMILES string of the molecule is N#Cc1ccc(CNC(=O)C2CCCCCCC2)cc1. The molecule has 0 aliphatic heterocycles. The van der Waals surface area contributed by atoms with Gasteiger partial charge in [-0.15, -0.1) is 0 Å². The molecule has 1 N–H and O–H groups in total. The van der Waals surface area contributed by atoms with E-state index in [1.165, 1.54) is 32.1 Å². The lowest BCUT2D eigenvalue weighted by atomic mass is 9.90. The number of carbonyl (C=O) groups is 1. The molecule has 0 unspecified atom stereocenters. The number of carbonyl (C=O) groups excluding carboxylic acids is 1. The summed E-state index contributed by atoms with van der Waals surface area (Å²) < 4.78 is 0. The normalized spacial score (nSPS) is 16.8. The molecule has 1 aliphatic carbocycles. The number of rotatable bonds is 3. The minimum absolute atomic E-state index is 0.189. The molecule has 1 amide bonds. The number of nitriles is 1. The third kappa shape index (κ3) is 4.38. The summed E-state index contributed by atoms with van der Waals surface area (Å²) in [6.45, 7) is 0.557. The van der Waals surface area contributed by atoms with Crippen LogP contribution in [0.1, 0.15) is 56.1 Å². The molecule has 0 heterocycles. The van der Waals surface area contributed by atoms with Gasteiger partial charge >= 0.3 is 0 Å². The van der Waals surface area contributed by atoms with Crippen LogP contribution in [0.15, 0.2) is 24.3 Å². The van der Waals surface area contributed by atoms with Gasteiger partial charge in [-0.1, -0.05) is 44.2 Å². The van der Waals surface area contributed by atoms with Gasteiger partial charge in [-0.25, -0.2) is 0 Å². The van der Waals surface area contributed by atoms with E-state index in [1.54, 1.807) is 12.1 Å². The Kier molecular flexibility index (Phi) is 5.61. The van der Waals surface area contributed by atoms with Gasteiger partial charge in [0.15, 0.2) is 0 Å². The first-order chi connectivity index (χ1) is 9.79. The first kappa shape index (κ1) is 14.6. The summed E-state index contributed by atoms with van der Waals surface area (Å²) in [7, 11) is 0. The molecule has 106 valence electrons. The van der Waals surface area contributed by atoms with E-state index in [9.17, 15) is 4.79 Å². The van der Waals surface area contributed by atoms with E-state index in [0.717, 1.165) is 18.4 Å². The Hall–Kier alpha value is -1.82. The van der Waals surface area contributed by atoms with Gasteiger partial charge in [-0.3, -0.25) is 4.79 Å². The smallest absolute Gasteiger partial charge is 0.223 e. The molecule has 3 heteroatoms. The highest BCUT2D eigenvalue weighted by Gasteiger charge is 2.18. The molecule has 1 fully saturated rings. The van der Waals surface area contributed by atoms with E-state index in [2.05, 4.69) is 11.4 Å². The second kappa shape index (κ2) is 7.69. The zero-order valence-electron chi connectivity index (χ0n) is 11.9. The van der Waals surface area contributed by atoms with Crippen LogP contribution in [0.4, 0.5) is 0 Å². The summed E-state index contributed by atoms with van der Waals surface area (Å²) >= 11 is 0. The third-order valence-electron chi connectivity index (χ3n) is 4.03. The zero-order valence-corrected chi connectivity index (χ0v) is 11.9. The van der Waals surface area contributed by atoms with Crippen LogP contribution in [0.25, 0.3) is 0 Å². The molecule has 0 spiro atoms. The van der Waals surface area contributed by atoms with Gasteiger partial charge in [0.1, 0.15) is 0 Å². The summed E-state index contributed by atoms with van der Waals surface area (Å²) in [6.07, 6.45) is 8.25. The fraction of sp³-hybridized carbons (Fsp3) is 0.529. The van der Waals surface area contributed by atoms with Gasteiger partial charge in [0.25, 0.3) is 0 Å². The van der Waals surface area contributed by atoms with Crippen molar-refractivity contribution in [2.45, 2.75) is 51.5 Å². The lowest BCUT2D eigenvalue weighted by Gasteiger charge is -2.19. The van der Waals surface area contributed by atoms with E-state index in [1.807, 2.05) is 12.1 Å². The predicted molar refractivity (Wildman–Crippen MR) is 78.8 cm³/mol. The van der Waals surface area contributed by atoms with Crippen molar-refractivity contribution in [1.82, 2.24) is 5.32 Å². The average Bonchev–Trinajstić information content (AvgIpc) is 2.45. The monoisotopic (exact) mass is 270 g/mol. The standard InChI is InChI=1S/C17H22N2O/c18-12-14-8-10-15(11-9-14)13-19-17(20)16-6-4-2-1-3-5-7-16/h8-11,16H,1-7,13H2,(H,19,20). The summed E-state index contributed by atoms with van der Waals surface area (Å²) in [5, 5.41) is 11.8. The van der Waals surface area contributed by atoms with Crippen LogP contribution in [0.5, 0.6) is 0 Å². The molecular formula is C17H22N2O. The van der Waals surface area contributed by atoms with Crippen molar-refractivity contribution < 1.29 is 4.79 Å². The largest absolute Gasteiger partial charge is 0.352 e. The minimum Gasteiger partial charge on any atom is -0.352 e. The Morgan fingerprint density at radius 1 is 1.10 bits per heavy atom. The van der Waals surface area contributed by atoms with E-state index in [-0.39, 0.29) is 11.8 Å². The predicted octanol–water partition coefficient (Wildman–Crippen LogP) is 3.53. The van der Waals surface area contributed by atoms with Gasteiger partial charge in [0, 0.05) is 12.5 Å². The molecule has 1 saturated carbocycles. The molecule has 0 saturated heterocycles. The van der Waals surface area contributed by atoms with Gasteiger partial charge in [0.2, 0.25) is 5.91 Å².